The lowest BCUT2D eigenvalue weighted by Gasteiger charge is -2.23. The molecule has 0 amide bonds. The van der Waals surface area contributed by atoms with Gasteiger partial charge in [-0.15, -0.1) is 0 Å². The molecule has 1 saturated carbocycles. The molecule has 0 bridgehead atoms. The highest BCUT2D eigenvalue weighted by molar-refractivity contribution is 5.16. The molecule has 1 aliphatic carbocycles. The van der Waals surface area contributed by atoms with Gasteiger partial charge in [0.1, 0.15) is 5.76 Å². The van der Waals surface area contributed by atoms with E-state index < -0.39 is 0 Å². The van der Waals surface area contributed by atoms with E-state index in [9.17, 15) is 0 Å². The molecular weight excluding hydrogens is 150 g/mol. The highest BCUT2D eigenvalue weighted by atomic mass is 16.3. The second kappa shape index (κ2) is 2.94. The minimum absolute atomic E-state index is 0.170. The molecule has 0 aromatic carbocycles. The fourth-order valence-electron chi connectivity index (χ4n) is 2.18. The largest absolute Gasteiger partial charge is 0.469 e. The average molecular weight is 165 g/mol. The molecule has 12 heavy (non-hydrogen) atoms. The highest BCUT2D eigenvalue weighted by Crippen LogP contribution is 2.40. The minimum atomic E-state index is 0.170. The molecule has 2 nitrogen and oxygen atoms in total. The second-order valence-corrected chi connectivity index (χ2v) is 3.67. The molecule has 2 N–H and O–H groups in total. The molecule has 66 valence electrons. The molecule has 1 heterocycles. The van der Waals surface area contributed by atoms with Crippen molar-refractivity contribution in [2.24, 2.45) is 5.73 Å². The van der Waals surface area contributed by atoms with Crippen molar-refractivity contribution in [2.75, 3.05) is 6.54 Å². The highest BCUT2D eigenvalue weighted by Gasteiger charge is 2.36. The third-order valence-corrected chi connectivity index (χ3v) is 3.00. The maximum atomic E-state index is 5.80. The Morgan fingerprint density at radius 3 is 2.67 bits per heavy atom. The smallest absolute Gasteiger partial charge is 0.111 e. The summed E-state index contributed by atoms with van der Waals surface area (Å²) >= 11 is 0. The summed E-state index contributed by atoms with van der Waals surface area (Å²) in [6.07, 6.45) is 6.70. The Bertz CT molecular complexity index is 234. The first-order valence-corrected chi connectivity index (χ1v) is 4.61. The molecule has 1 fully saturated rings. The predicted octanol–water partition coefficient (Wildman–Crippen LogP) is 2.05. The Labute approximate surface area is 72.7 Å². The molecule has 1 aromatic rings. The summed E-state index contributed by atoms with van der Waals surface area (Å²) in [6.45, 7) is 0.723. The van der Waals surface area contributed by atoms with Gasteiger partial charge in [0.05, 0.1) is 6.26 Å². The lowest BCUT2D eigenvalue weighted by atomic mass is 9.84. The molecule has 0 unspecified atom stereocenters. The van der Waals surface area contributed by atoms with Gasteiger partial charge in [-0.05, 0) is 25.0 Å². The number of rotatable bonds is 2. The Morgan fingerprint density at radius 2 is 2.17 bits per heavy atom. The van der Waals surface area contributed by atoms with E-state index in [1.54, 1.807) is 6.26 Å². The van der Waals surface area contributed by atoms with Crippen LogP contribution in [0.4, 0.5) is 0 Å². The lowest BCUT2D eigenvalue weighted by Crippen LogP contribution is -2.31. The van der Waals surface area contributed by atoms with E-state index in [-0.39, 0.29) is 5.41 Å². The maximum Gasteiger partial charge on any atom is 0.111 e. The van der Waals surface area contributed by atoms with Crippen molar-refractivity contribution in [2.45, 2.75) is 31.1 Å². The van der Waals surface area contributed by atoms with Crippen molar-refractivity contribution in [1.82, 2.24) is 0 Å². The van der Waals surface area contributed by atoms with Crippen molar-refractivity contribution in [1.29, 1.82) is 0 Å². The number of furan rings is 1. The number of hydrogen-bond donors (Lipinski definition) is 1. The van der Waals surface area contributed by atoms with Crippen LogP contribution in [0.3, 0.4) is 0 Å². The number of nitrogens with two attached hydrogens (primary N) is 1. The SMILES string of the molecule is NCC1(c2ccco2)CCCC1. The molecule has 0 spiro atoms. The van der Waals surface area contributed by atoms with Crippen LogP contribution < -0.4 is 5.73 Å². The second-order valence-electron chi connectivity index (χ2n) is 3.67. The fourth-order valence-corrected chi connectivity index (χ4v) is 2.18. The molecular formula is C10H15NO. The van der Waals surface area contributed by atoms with E-state index in [4.69, 9.17) is 10.2 Å². The maximum absolute atomic E-state index is 5.80. The van der Waals surface area contributed by atoms with Crippen LogP contribution in [0.15, 0.2) is 22.8 Å². The van der Waals surface area contributed by atoms with Crippen molar-refractivity contribution >= 4 is 0 Å². The third kappa shape index (κ3) is 1.07. The van der Waals surface area contributed by atoms with Crippen molar-refractivity contribution in [3.63, 3.8) is 0 Å². The first-order valence-electron chi connectivity index (χ1n) is 4.61. The first kappa shape index (κ1) is 7.87. The summed E-state index contributed by atoms with van der Waals surface area (Å²) in [5.74, 6) is 1.09. The summed E-state index contributed by atoms with van der Waals surface area (Å²) in [7, 11) is 0. The molecule has 1 aromatic heterocycles. The van der Waals surface area contributed by atoms with E-state index in [0.29, 0.717) is 0 Å². The van der Waals surface area contributed by atoms with Gasteiger partial charge in [0.2, 0.25) is 0 Å². The average Bonchev–Trinajstić information content (AvgIpc) is 2.76. The van der Waals surface area contributed by atoms with Crippen molar-refractivity contribution in [3.8, 4) is 0 Å². The summed E-state index contributed by atoms with van der Waals surface area (Å²) in [5, 5.41) is 0. The van der Waals surface area contributed by atoms with Gasteiger partial charge < -0.3 is 10.2 Å². The van der Waals surface area contributed by atoms with Gasteiger partial charge in [-0.25, -0.2) is 0 Å². The van der Waals surface area contributed by atoms with Crippen molar-refractivity contribution in [3.05, 3.63) is 24.2 Å². The van der Waals surface area contributed by atoms with E-state index in [0.717, 1.165) is 12.3 Å². The van der Waals surface area contributed by atoms with Gasteiger partial charge in [-0.3, -0.25) is 0 Å². The van der Waals surface area contributed by atoms with E-state index in [1.165, 1.54) is 25.7 Å². The van der Waals surface area contributed by atoms with Gasteiger partial charge in [-0.1, -0.05) is 12.8 Å². The Morgan fingerprint density at radius 1 is 1.42 bits per heavy atom. The summed E-state index contributed by atoms with van der Waals surface area (Å²) in [5.41, 5.74) is 5.97. The summed E-state index contributed by atoms with van der Waals surface area (Å²) < 4.78 is 5.43. The van der Waals surface area contributed by atoms with Crippen LogP contribution in [0.5, 0.6) is 0 Å². The first-order chi connectivity index (χ1) is 5.87. The van der Waals surface area contributed by atoms with Gasteiger partial charge in [-0.2, -0.15) is 0 Å². The van der Waals surface area contributed by atoms with Gasteiger partial charge in [0.15, 0.2) is 0 Å². The van der Waals surface area contributed by atoms with E-state index in [2.05, 4.69) is 6.07 Å². The standard InChI is InChI=1S/C10H15NO/c11-8-10(5-1-2-6-10)9-4-3-7-12-9/h3-4,7H,1-2,5-6,8,11H2. The zero-order valence-corrected chi connectivity index (χ0v) is 7.25. The monoisotopic (exact) mass is 165 g/mol. The minimum Gasteiger partial charge on any atom is -0.469 e. The normalized spacial score (nSPS) is 21.4. The Hall–Kier alpha value is -0.760. The summed E-state index contributed by atoms with van der Waals surface area (Å²) in [4.78, 5) is 0. The fraction of sp³-hybridized carbons (Fsp3) is 0.600. The molecule has 2 heteroatoms. The molecule has 0 saturated heterocycles. The van der Waals surface area contributed by atoms with Gasteiger partial charge in [0, 0.05) is 12.0 Å². The van der Waals surface area contributed by atoms with Crippen LogP contribution in [0, 0.1) is 0 Å². The molecule has 0 radical (unpaired) electrons. The lowest BCUT2D eigenvalue weighted by molar-refractivity contribution is 0.347. The number of hydrogen-bond acceptors (Lipinski definition) is 2. The van der Waals surface area contributed by atoms with Crippen LogP contribution in [-0.2, 0) is 5.41 Å². The van der Waals surface area contributed by atoms with E-state index >= 15 is 0 Å². The van der Waals surface area contributed by atoms with Crippen LogP contribution in [0.25, 0.3) is 0 Å². The molecule has 1 aliphatic rings. The zero-order chi connectivity index (χ0) is 8.44. The topological polar surface area (TPSA) is 39.2 Å². The molecule has 2 rings (SSSR count). The predicted molar refractivity (Wildman–Crippen MR) is 47.9 cm³/mol. The van der Waals surface area contributed by atoms with Crippen LogP contribution in [0.1, 0.15) is 31.4 Å². The van der Waals surface area contributed by atoms with Gasteiger partial charge in [0.25, 0.3) is 0 Å². The van der Waals surface area contributed by atoms with Gasteiger partial charge >= 0.3 is 0 Å². The Balaban J connectivity index is 2.28. The van der Waals surface area contributed by atoms with Crippen LogP contribution in [-0.4, -0.2) is 6.54 Å². The van der Waals surface area contributed by atoms with Crippen molar-refractivity contribution < 1.29 is 4.42 Å². The quantitative estimate of drug-likeness (QED) is 0.728. The summed E-state index contributed by atoms with van der Waals surface area (Å²) in [6, 6.07) is 4.00. The van der Waals surface area contributed by atoms with E-state index in [1.807, 2.05) is 6.07 Å². The zero-order valence-electron chi connectivity index (χ0n) is 7.25. The Kier molecular flexibility index (Phi) is 1.93. The van der Waals surface area contributed by atoms with Crippen LogP contribution >= 0.6 is 0 Å². The molecule has 0 aliphatic heterocycles. The van der Waals surface area contributed by atoms with Crippen LogP contribution in [0.2, 0.25) is 0 Å². The third-order valence-electron chi connectivity index (χ3n) is 3.00. The molecule has 0 atom stereocenters.